The Morgan fingerprint density at radius 3 is 2.43 bits per heavy atom. The fourth-order valence-corrected chi connectivity index (χ4v) is 0.733. The second-order valence-electron chi connectivity index (χ2n) is 1.65. The Morgan fingerprint density at radius 2 is 2.29 bits per heavy atom. The van der Waals surface area contributed by atoms with Gasteiger partial charge in [-0.15, -0.1) is 0 Å². The highest BCUT2D eigenvalue weighted by Crippen LogP contribution is 2.22. The second-order valence-corrected chi connectivity index (χ2v) is 1.65. The molecule has 3 aliphatic rings. The first-order valence-corrected chi connectivity index (χ1v) is 2.38. The summed E-state index contributed by atoms with van der Waals surface area (Å²) in [5.41, 5.74) is 0. The van der Waals surface area contributed by atoms with Crippen molar-refractivity contribution >= 4 is 7.32 Å². The van der Waals surface area contributed by atoms with Crippen LogP contribution in [0.25, 0.3) is 0 Å². The number of hydrogen-bond acceptors (Lipinski definition) is 3. The van der Waals surface area contributed by atoms with Crippen molar-refractivity contribution in [1.82, 2.24) is 0 Å². The van der Waals surface area contributed by atoms with Crippen molar-refractivity contribution in [3.8, 4) is 0 Å². The molecule has 3 saturated heterocycles. The van der Waals surface area contributed by atoms with Crippen molar-refractivity contribution in [1.29, 1.82) is 0 Å². The van der Waals surface area contributed by atoms with Gasteiger partial charge in [0.15, 0.2) is 0 Å². The van der Waals surface area contributed by atoms with Gasteiger partial charge in [-0.1, -0.05) is 0 Å². The van der Waals surface area contributed by atoms with Crippen LogP contribution in [0.3, 0.4) is 0 Å². The van der Waals surface area contributed by atoms with Crippen molar-refractivity contribution in [3.05, 3.63) is 0 Å². The van der Waals surface area contributed by atoms with Crippen LogP contribution >= 0.6 is 0 Å². The molecule has 2 bridgehead atoms. The van der Waals surface area contributed by atoms with Gasteiger partial charge in [-0.25, -0.2) is 0 Å². The zero-order valence-electron chi connectivity index (χ0n) is 3.79. The molecule has 38 valence electrons. The van der Waals surface area contributed by atoms with E-state index in [1.54, 1.807) is 0 Å². The maximum Gasteiger partial charge on any atom is 0.643 e. The third-order valence-electron chi connectivity index (χ3n) is 1.13. The summed E-state index contributed by atoms with van der Waals surface area (Å²) >= 11 is 0. The van der Waals surface area contributed by atoms with Crippen molar-refractivity contribution in [2.45, 2.75) is 12.7 Å². The van der Waals surface area contributed by atoms with Crippen LogP contribution < -0.4 is 0 Å². The Kier molecular flexibility index (Phi) is 0.674. The highest BCUT2D eigenvalue weighted by molar-refractivity contribution is 6.38. The van der Waals surface area contributed by atoms with Crippen molar-refractivity contribution in [3.63, 3.8) is 0 Å². The van der Waals surface area contributed by atoms with Gasteiger partial charge in [0.1, 0.15) is 6.29 Å². The van der Waals surface area contributed by atoms with Crippen molar-refractivity contribution < 1.29 is 14.0 Å². The number of hydrogen-bond donors (Lipinski definition) is 0. The van der Waals surface area contributed by atoms with Gasteiger partial charge in [0.05, 0.1) is 0 Å². The van der Waals surface area contributed by atoms with E-state index in [1.165, 1.54) is 0 Å². The van der Waals surface area contributed by atoms with Crippen LogP contribution in [0, 0.1) is 0 Å². The van der Waals surface area contributed by atoms with Crippen LogP contribution in [0.15, 0.2) is 0 Å². The van der Waals surface area contributed by atoms with Gasteiger partial charge < -0.3 is 14.0 Å². The molecule has 3 heterocycles. The number of rotatable bonds is 0. The van der Waals surface area contributed by atoms with E-state index in [1.807, 2.05) is 0 Å². The molecule has 0 aromatic rings. The molecule has 0 unspecified atom stereocenters. The molecule has 0 aromatic carbocycles. The average molecular weight is 99.9 g/mol. The van der Waals surface area contributed by atoms with E-state index in [0.29, 0.717) is 0 Å². The first kappa shape index (κ1) is 3.89. The summed E-state index contributed by atoms with van der Waals surface area (Å²) in [5, 5.41) is 0. The molecule has 0 aromatic heterocycles. The summed E-state index contributed by atoms with van der Waals surface area (Å²) in [4.78, 5) is 0. The maximum absolute atomic E-state index is 4.93. The predicted octanol–water partition coefficient (Wildman–Crippen LogP) is -0.236. The molecule has 0 atom stereocenters. The summed E-state index contributed by atoms with van der Waals surface area (Å²) in [6.45, 7) is 0.787. The molecule has 3 aliphatic heterocycles. The lowest BCUT2D eigenvalue weighted by atomic mass is 10.1. The van der Waals surface area contributed by atoms with Crippen LogP contribution in [0.1, 0.15) is 6.42 Å². The summed E-state index contributed by atoms with van der Waals surface area (Å²) < 4.78 is 14.8. The van der Waals surface area contributed by atoms with E-state index >= 15 is 0 Å². The Hall–Kier alpha value is -0.0551. The van der Waals surface area contributed by atoms with Crippen molar-refractivity contribution in [2.75, 3.05) is 6.61 Å². The molecule has 7 heavy (non-hydrogen) atoms. The van der Waals surface area contributed by atoms with Gasteiger partial charge in [0, 0.05) is 13.0 Å². The Labute approximate surface area is 41.7 Å². The van der Waals surface area contributed by atoms with Gasteiger partial charge in [-0.05, 0) is 0 Å². The molecule has 3 nitrogen and oxygen atoms in total. The quantitative estimate of drug-likeness (QED) is 0.393. The largest absolute Gasteiger partial charge is 0.643 e. The zero-order valence-corrected chi connectivity index (χ0v) is 3.79. The minimum atomic E-state index is -0.321. The molecule has 0 saturated carbocycles. The van der Waals surface area contributed by atoms with Crippen LogP contribution in [-0.4, -0.2) is 20.2 Å². The highest BCUT2D eigenvalue weighted by atomic mass is 16.9. The van der Waals surface area contributed by atoms with Crippen LogP contribution in [0.4, 0.5) is 0 Å². The molecule has 4 heteroatoms. The molecule has 0 radical (unpaired) electrons. The van der Waals surface area contributed by atoms with Gasteiger partial charge in [0.2, 0.25) is 0 Å². The van der Waals surface area contributed by atoms with Crippen LogP contribution in [-0.2, 0) is 14.0 Å². The fourth-order valence-electron chi connectivity index (χ4n) is 0.733. The average Bonchev–Trinajstić information content (AvgIpc) is 1.67. The van der Waals surface area contributed by atoms with Gasteiger partial charge in [0.25, 0.3) is 0 Å². The summed E-state index contributed by atoms with van der Waals surface area (Å²) in [5.74, 6) is 0. The SMILES string of the molecule is C1CC2OB(O1)O2. The fraction of sp³-hybridized carbons (Fsp3) is 1.00. The first-order chi connectivity index (χ1) is 3.45. The van der Waals surface area contributed by atoms with E-state index in [9.17, 15) is 0 Å². The molecule has 0 aliphatic carbocycles. The van der Waals surface area contributed by atoms with Gasteiger partial charge in [-0.3, -0.25) is 0 Å². The highest BCUT2D eigenvalue weighted by Gasteiger charge is 2.43. The molecule has 3 rings (SSSR count). The monoisotopic (exact) mass is 100 g/mol. The summed E-state index contributed by atoms with van der Waals surface area (Å²) in [7, 11) is -0.321. The Balaban J connectivity index is 1.99. The molecule has 0 amide bonds. The van der Waals surface area contributed by atoms with E-state index in [-0.39, 0.29) is 13.6 Å². The third kappa shape index (κ3) is 0.476. The molecule has 3 fully saturated rings. The first-order valence-electron chi connectivity index (χ1n) is 2.38. The third-order valence-corrected chi connectivity index (χ3v) is 1.13. The molecular formula is C3H5BO3. The summed E-state index contributed by atoms with van der Waals surface area (Å²) in [6.07, 6.45) is 0.940. The van der Waals surface area contributed by atoms with Gasteiger partial charge in [-0.2, -0.15) is 0 Å². The topological polar surface area (TPSA) is 27.7 Å². The maximum atomic E-state index is 4.93. The zero-order chi connectivity index (χ0) is 4.69. The lowest BCUT2D eigenvalue weighted by Crippen LogP contribution is -2.52. The van der Waals surface area contributed by atoms with E-state index in [0.717, 1.165) is 13.0 Å². The van der Waals surface area contributed by atoms with Crippen molar-refractivity contribution in [2.24, 2.45) is 0 Å². The normalized spacial score (nSPS) is 30.0. The predicted molar refractivity (Wildman–Crippen MR) is 22.3 cm³/mol. The van der Waals surface area contributed by atoms with Gasteiger partial charge >= 0.3 is 7.32 Å². The smallest absolute Gasteiger partial charge is 0.386 e. The molecule has 0 N–H and O–H groups in total. The second kappa shape index (κ2) is 1.21. The standard InChI is InChI=1S/C3H5BO3/c1-2-5-4-6-3(1)7-4/h3H,1-2H2. The van der Waals surface area contributed by atoms with Crippen LogP contribution in [0.5, 0.6) is 0 Å². The van der Waals surface area contributed by atoms with E-state index in [2.05, 4.69) is 0 Å². The van der Waals surface area contributed by atoms with Crippen LogP contribution in [0.2, 0.25) is 0 Å². The number of fused-ring (bicyclic) bond motifs is 2. The lowest BCUT2D eigenvalue weighted by molar-refractivity contribution is -0.192. The lowest BCUT2D eigenvalue weighted by Gasteiger charge is -2.37. The molecular weight excluding hydrogens is 94.8 g/mol. The minimum absolute atomic E-state index is 0.0544. The minimum Gasteiger partial charge on any atom is -0.386 e. The summed E-state index contributed by atoms with van der Waals surface area (Å²) in [6, 6.07) is 0. The Morgan fingerprint density at radius 1 is 1.43 bits per heavy atom. The van der Waals surface area contributed by atoms with E-state index in [4.69, 9.17) is 14.0 Å². The van der Waals surface area contributed by atoms with E-state index < -0.39 is 0 Å². The Bertz CT molecular complexity index is 66.7. The molecule has 0 spiro atoms.